The van der Waals surface area contributed by atoms with Gasteiger partial charge in [-0.25, -0.2) is 9.97 Å². The highest BCUT2D eigenvalue weighted by atomic mass is 16.5. The summed E-state index contributed by atoms with van der Waals surface area (Å²) in [6.45, 7) is 8.34. The number of aryl methyl sites for hydroxylation is 2. The summed E-state index contributed by atoms with van der Waals surface area (Å²) in [5, 5.41) is 7.44. The number of fused-ring (bicyclic) bond motifs is 1. The molecular formula is C35H35N5O3. The van der Waals surface area contributed by atoms with Gasteiger partial charge in [-0.3, -0.25) is 9.69 Å². The highest BCUT2D eigenvalue weighted by Gasteiger charge is 2.18. The molecule has 0 saturated carbocycles. The van der Waals surface area contributed by atoms with Crippen molar-refractivity contribution in [3.63, 3.8) is 0 Å². The van der Waals surface area contributed by atoms with Crippen LogP contribution in [0.1, 0.15) is 21.5 Å². The molecule has 2 heterocycles. The van der Waals surface area contributed by atoms with E-state index in [0.717, 1.165) is 77.5 Å². The number of carbonyl (C=O) groups is 1. The number of nitrogens with one attached hydrogen (secondary N) is 2. The minimum Gasteiger partial charge on any atom is -0.491 e. The number of carbonyl (C=O) groups excluding carboxylic acids is 1. The molecule has 4 aromatic carbocycles. The number of nitrogens with zero attached hydrogens (tertiary/aromatic N) is 3. The van der Waals surface area contributed by atoms with Crippen LogP contribution < -0.4 is 15.4 Å². The Morgan fingerprint density at radius 2 is 1.63 bits per heavy atom. The standard InChI is InChI=1S/C35H35N5O3/c1-24-9-8-10-25(2)32(24)38-34(41)29-16-15-27(23-31(29)43-22-19-40-17-20-42-21-18-40)36-35-37-30-14-7-6-13-28(30)33(39-35)26-11-4-3-5-12-26/h3-16,23H,17-22H2,1-2H3,(H,38,41)(H,36,37,39). The van der Waals surface area contributed by atoms with Gasteiger partial charge in [0.2, 0.25) is 5.95 Å². The van der Waals surface area contributed by atoms with E-state index < -0.39 is 0 Å². The van der Waals surface area contributed by atoms with Crippen LogP contribution in [0.5, 0.6) is 5.75 Å². The predicted octanol–water partition coefficient (Wildman–Crippen LogP) is 6.62. The molecule has 6 rings (SSSR count). The van der Waals surface area contributed by atoms with Crippen molar-refractivity contribution in [3.8, 4) is 17.0 Å². The fraction of sp³-hybridized carbons (Fsp3) is 0.229. The number of anilines is 3. The molecule has 43 heavy (non-hydrogen) atoms. The smallest absolute Gasteiger partial charge is 0.259 e. The van der Waals surface area contributed by atoms with Gasteiger partial charge in [-0.05, 0) is 43.2 Å². The predicted molar refractivity (Wildman–Crippen MR) is 171 cm³/mol. The molecule has 1 saturated heterocycles. The van der Waals surface area contributed by atoms with Crippen molar-refractivity contribution < 1.29 is 14.3 Å². The first-order valence-corrected chi connectivity index (χ1v) is 14.6. The molecule has 218 valence electrons. The number of benzene rings is 4. The molecule has 0 aliphatic carbocycles. The molecular weight excluding hydrogens is 538 g/mol. The van der Waals surface area contributed by atoms with Crippen LogP contribution in [0.4, 0.5) is 17.3 Å². The Balaban J connectivity index is 1.30. The van der Waals surface area contributed by atoms with Crippen molar-refractivity contribution in [2.75, 3.05) is 50.1 Å². The third-order valence-corrected chi connectivity index (χ3v) is 7.62. The number of ether oxygens (including phenoxy) is 2. The maximum atomic E-state index is 13.6. The highest BCUT2D eigenvalue weighted by Crippen LogP contribution is 2.31. The first kappa shape index (κ1) is 28.3. The van der Waals surface area contributed by atoms with Crippen molar-refractivity contribution in [2.45, 2.75) is 13.8 Å². The summed E-state index contributed by atoms with van der Waals surface area (Å²) in [6.07, 6.45) is 0. The quantitative estimate of drug-likeness (QED) is 0.205. The third kappa shape index (κ3) is 6.66. The number of morpholine rings is 1. The molecule has 0 unspecified atom stereocenters. The second kappa shape index (κ2) is 13.0. The minimum atomic E-state index is -0.223. The summed E-state index contributed by atoms with van der Waals surface area (Å²) in [6, 6.07) is 29.5. The van der Waals surface area contributed by atoms with E-state index in [4.69, 9.17) is 19.4 Å². The Kier molecular flexibility index (Phi) is 8.58. The van der Waals surface area contributed by atoms with Gasteiger partial charge in [-0.2, -0.15) is 0 Å². The number of para-hydroxylation sites is 2. The summed E-state index contributed by atoms with van der Waals surface area (Å²) in [4.78, 5) is 25.5. The van der Waals surface area contributed by atoms with Crippen molar-refractivity contribution in [3.05, 3.63) is 108 Å². The fourth-order valence-corrected chi connectivity index (χ4v) is 5.29. The van der Waals surface area contributed by atoms with E-state index in [9.17, 15) is 4.79 Å². The van der Waals surface area contributed by atoms with Crippen LogP contribution in [-0.4, -0.2) is 60.2 Å². The first-order chi connectivity index (χ1) is 21.0. The molecule has 1 aliphatic heterocycles. The van der Waals surface area contributed by atoms with Crippen molar-refractivity contribution in [1.29, 1.82) is 0 Å². The third-order valence-electron chi connectivity index (χ3n) is 7.62. The maximum Gasteiger partial charge on any atom is 0.259 e. The summed E-state index contributed by atoms with van der Waals surface area (Å²) < 4.78 is 11.7. The number of hydrogen-bond acceptors (Lipinski definition) is 7. The molecule has 0 bridgehead atoms. The zero-order valence-corrected chi connectivity index (χ0v) is 24.5. The van der Waals surface area contributed by atoms with E-state index in [1.54, 1.807) is 6.07 Å². The largest absolute Gasteiger partial charge is 0.491 e. The van der Waals surface area contributed by atoms with Gasteiger partial charge < -0.3 is 20.1 Å². The molecule has 8 heteroatoms. The average molecular weight is 574 g/mol. The zero-order chi connectivity index (χ0) is 29.6. The normalized spacial score (nSPS) is 13.5. The number of rotatable bonds is 9. The first-order valence-electron chi connectivity index (χ1n) is 14.6. The van der Waals surface area contributed by atoms with Gasteiger partial charge in [-0.15, -0.1) is 0 Å². The van der Waals surface area contributed by atoms with Gasteiger partial charge >= 0.3 is 0 Å². The van der Waals surface area contributed by atoms with Crippen LogP contribution in [0.3, 0.4) is 0 Å². The Bertz CT molecular complexity index is 1720. The molecule has 0 spiro atoms. The summed E-state index contributed by atoms with van der Waals surface area (Å²) in [5.41, 5.74) is 6.69. The molecule has 8 nitrogen and oxygen atoms in total. The average Bonchev–Trinajstić information content (AvgIpc) is 3.03. The molecule has 5 aromatic rings. The van der Waals surface area contributed by atoms with E-state index in [2.05, 4.69) is 15.5 Å². The second-order valence-corrected chi connectivity index (χ2v) is 10.6. The van der Waals surface area contributed by atoms with Crippen molar-refractivity contribution in [2.24, 2.45) is 0 Å². The minimum absolute atomic E-state index is 0.223. The van der Waals surface area contributed by atoms with E-state index >= 15 is 0 Å². The van der Waals surface area contributed by atoms with Gasteiger partial charge in [-0.1, -0.05) is 66.7 Å². The summed E-state index contributed by atoms with van der Waals surface area (Å²) in [5.74, 6) is 0.731. The molecule has 0 radical (unpaired) electrons. The summed E-state index contributed by atoms with van der Waals surface area (Å²) >= 11 is 0. The zero-order valence-electron chi connectivity index (χ0n) is 24.5. The van der Waals surface area contributed by atoms with Gasteiger partial charge in [0, 0.05) is 48.0 Å². The Morgan fingerprint density at radius 1 is 0.884 bits per heavy atom. The lowest BCUT2D eigenvalue weighted by Crippen LogP contribution is -2.38. The second-order valence-electron chi connectivity index (χ2n) is 10.6. The van der Waals surface area contributed by atoms with Crippen LogP contribution in [-0.2, 0) is 4.74 Å². The molecule has 1 fully saturated rings. The highest BCUT2D eigenvalue weighted by molar-refractivity contribution is 6.07. The van der Waals surface area contributed by atoms with Gasteiger partial charge in [0.15, 0.2) is 0 Å². The SMILES string of the molecule is Cc1cccc(C)c1NC(=O)c1ccc(Nc2nc(-c3ccccc3)c3ccccc3n2)cc1OCCN1CCOCC1. The van der Waals surface area contributed by atoms with Crippen molar-refractivity contribution in [1.82, 2.24) is 14.9 Å². The molecule has 1 aliphatic rings. The van der Waals surface area contributed by atoms with E-state index in [1.807, 2.05) is 98.8 Å². The van der Waals surface area contributed by atoms with Gasteiger partial charge in [0.05, 0.1) is 30.0 Å². The number of hydrogen-bond donors (Lipinski definition) is 2. The lowest BCUT2D eigenvalue weighted by atomic mass is 10.1. The molecule has 1 amide bonds. The van der Waals surface area contributed by atoms with E-state index in [1.165, 1.54) is 0 Å². The molecule has 1 aromatic heterocycles. The van der Waals surface area contributed by atoms with E-state index in [-0.39, 0.29) is 5.91 Å². The fourth-order valence-electron chi connectivity index (χ4n) is 5.29. The van der Waals surface area contributed by atoms with E-state index in [0.29, 0.717) is 23.9 Å². The number of aromatic nitrogens is 2. The van der Waals surface area contributed by atoms with Crippen LogP contribution in [0, 0.1) is 13.8 Å². The maximum absolute atomic E-state index is 13.6. The van der Waals surface area contributed by atoms with Crippen LogP contribution in [0.25, 0.3) is 22.2 Å². The topological polar surface area (TPSA) is 88.6 Å². The number of amides is 1. The van der Waals surface area contributed by atoms with Crippen LogP contribution in [0.2, 0.25) is 0 Å². The molecule has 2 N–H and O–H groups in total. The Morgan fingerprint density at radius 3 is 2.42 bits per heavy atom. The van der Waals surface area contributed by atoms with Gasteiger partial charge in [0.25, 0.3) is 5.91 Å². The lowest BCUT2D eigenvalue weighted by molar-refractivity contribution is 0.0322. The summed E-state index contributed by atoms with van der Waals surface area (Å²) in [7, 11) is 0. The van der Waals surface area contributed by atoms with Crippen molar-refractivity contribution >= 4 is 34.1 Å². The Labute approximate surface area is 251 Å². The van der Waals surface area contributed by atoms with Crippen LogP contribution in [0.15, 0.2) is 91.0 Å². The monoisotopic (exact) mass is 573 g/mol. The lowest BCUT2D eigenvalue weighted by Gasteiger charge is -2.26. The van der Waals surface area contributed by atoms with Crippen LogP contribution >= 0.6 is 0 Å². The molecule has 0 atom stereocenters. The Hall–Kier alpha value is -4.79. The van der Waals surface area contributed by atoms with Gasteiger partial charge in [0.1, 0.15) is 12.4 Å².